The van der Waals surface area contributed by atoms with Crippen LogP contribution < -0.4 is 15.5 Å². The first-order valence-electron chi connectivity index (χ1n) is 8.91. The van der Waals surface area contributed by atoms with Gasteiger partial charge in [-0.15, -0.1) is 0 Å². The van der Waals surface area contributed by atoms with Crippen molar-refractivity contribution in [3.05, 3.63) is 59.9 Å². The smallest absolute Gasteiger partial charge is 0.104 e. The summed E-state index contributed by atoms with van der Waals surface area (Å²) in [6.45, 7) is 9.43. The lowest BCUT2D eigenvalue weighted by atomic mass is 10.1. The maximum absolute atomic E-state index is 6.27. The van der Waals surface area contributed by atoms with E-state index < -0.39 is 0 Å². The topological polar surface area (TPSA) is 33.8 Å². The van der Waals surface area contributed by atoms with Crippen molar-refractivity contribution in [1.29, 1.82) is 0 Å². The second-order valence-corrected chi connectivity index (χ2v) is 7.28. The summed E-state index contributed by atoms with van der Waals surface area (Å²) < 4.78 is 0. The molecular weight excluding hydrogens is 346 g/mol. The monoisotopic (exact) mass is 369 g/mol. The van der Waals surface area contributed by atoms with Crippen LogP contribution in [-0.2, 0) is 0 Å². The Balaban J connectivity index is 1.57. The van der Waals surface area contributed by atoms with E-state index in [1.165, 1.54) is 0 Å². The third-order valence-electron chi connectivity index (χ3n) is 4.99. The molecule has 6 heteroatoms. The molecule has 0 aromatic heterocycles. The molecule has 0 bridgehead atoms. The molecule has 0 unspecified atom stereocenters. The number of anilines is 4. The van der Waals surface area contributed by atoms with Crippen molar-refractivity contribution in [2.45, 2.75) is 0 Å². The van der Waals surface area contributed by atoms with Gasteiger partial charge in [0.2, 0.25) is 0 Å². The first-order valence-corrected chi connectivity index (χ1v) is 9.29. The van der Waals surface area contributed by atoms with Crippen molar-refractivity contribution in [3.63, 3.8) is 0 Å². The second kappa shape index (κ2) is 7.19. The zero-order valence-electron chi connectivity index (χ0n) is 15.0. The lowest BCUT2D eigenvalue weighted by Crippen LogP contribution is -2.48. The number of rotatable bonds is 4. The minimum absolute atomic E-state index is 0.710. The zero-order valence-corrected chi connectivity index (χ0v) is 15.8. The Morgan fingerprint density at radius 2 is 1.81 bits per heavy atom. The molecule has 4 rings (SSSR count). The minimum Gasteiger partial charge on any atom is -0.359 e. The van der Waals surface area contributed by atoms with Crippen molar-refractivity contribution in [1.82, 2.24) is 15.1 Å². The van der Waals surface area contributed by atoms with E-state index in [9.17, 15) is 0 Å². The van der Waals surface area contributed by atoms with Crippen molar-refractivity contribution >= 4 is 34.4 Å². The molecule has 26 heavy (non-hydrogen) atoms. The number of piperazine rings is 1. The van der Waals surface area contributed by atoms with E-state index in [-0.39, 0.29) is 0 Å². The molecular formula is C20H24ClN5. The van der Waals surface area contributed by atoms with E-state index in [1.807, 2.05) is 30.3 Å². The number of benzene rings is 2. The molecule has 2 heterocycles. The largest absolute Gasteiger partial charge is 0.359 e. The summed E-state index contributed by atoms with van der Waals surface area (Å²) in [4.78, 5) is 6.91. The molecule has 0 atom stereocenters. The van der Waals surface area contributed by atoms with E-state index in [1.54, 1.807) is 0 Å². The summed E-state index contributed by atoms with van der Waals surface area (Å²) in [5.41, 5.74) is 4.16. The summed E-state index contributed by atoms with van der Waals surface area (Å²) in [7, 11) is 2.17. The summed E-state index contributed by atoms with van der Waals surface area (Å²) in [6.07, 6.45) is 0. The fourth-order valence-corrected chi connectivity index (χ4v) is 3.59. The number of halogens is 1. The molecule has 2 aliphatic rings. The average molecular weight is 370 g/mol. The van der Waals surface area contributed by atoms with Gasteiger partial charge in [-0.25, -0.2) is 0 Å². The summed E-state index contributed by atoms with van der Waals surface area (Å²) >= 11 is 6.27. The number of fused-ring (bicyclic) bond motifs is 2. The van der Waals surface area contributed by atoms with E-state index in [0.717, 1.165) is 61.4 Å². The molecule has 0 aliphatic carbocycles. The lowest BCUT2D eigenvalue weighted by Gasteiger charge is -2.37. The maximum Gasteiger partial charge on any atom is 0.104 e. The van der Waals surface area contributed by atoms with Gasteiger partial charge in [-0.1, -0.05) is 30.3 Å². The molecule has 1 saturated heterocycles. The predicted octanol–water partition coefficient (Wildman–Crippen LogP) is 3.80. The highest BCUT2D eigenvalue weighted by Crippen LogP contribution is 2.45. The Hall–Kier alpha value is -2.21. The van der Waals surface area contributed by atoms with Crippen LogP contribution in [0.4, 0.5) is 22.7 Å². The van der Waals surface area contributed by atoms with E-state index >= 15 is 0 Å². The van der Waals surface area contributed by atoms with Crippen molar-refractivity contribution in [3.8, 4) is 0 Å². The van der Waals surface area contributed by atoms with Gasteiger partial charge in [-0.2, -0.15) is 0 Å². The van der Waals surface area contributed by atoms with Gasteiger partial charge in [-0.05, 0) is 37.4 Å². The minimum atomic E-state index is 0.710. The predicted molar refractivity (Wildman–Crippen MR) is 110 cm³/mol. The number of nitrogens with one attached hydrogen (secondary N) is 2. The molecule has 5 nitrogen and oxygen atoms in total. The van der Waals surface area contributed by atoms with Crippen molar-refractivity contribution in [2.24, 2.45) is 0 Å². The SMILES string of the molecule is C=C(NCN1CCN(C)CC1)N1c2ccccc2Nc2ccc(Cl)cc21. The zero-order chi connectivity index (χ0) is 18.1. The van der Waals surface area contributed by atoms with Gasteiger partial charge in [0.1, 0.15) is 5.82 Å². The van der Waals surface area contributed by atoms with Crippen molar-refractivity contribution in [2.75, 3.05) is 50.1 Å². The molecule has 2 aromatic rings. The first-order chi connectivity index (χ1) is 12.6. The van der Waals surface area contributed by atoms with E-state index in [2.05, 4.69) is 51.1 Å². The summed E-state index contributed by atoms with van der Waals surface area (Å²) in [5.74, 6) is 0.849. The van der Waals surface area contributed by atoms with Crippen LogP contribution in [0.5, 0.6) is 0 Å². The van der Waals surface area contributed by atoms with Gasteiger partial charge >= 0.3 is 0 Å². The normalized spacial score (nSPS) is 17.2. The number of nitrogens with zero attached hydrogens (tertiary/aromatic N) is 3. The molecule has 2 aliphatic heterocycles. The van der Waals surface area contributed by atoms with Gasteiger partial charge in [0.25, 0.3) is 0 Å². The standard InChI is InChI=1S/C20H24ClN5/c1-15(22-14-25-11-9-24(2)10-12-25)26-19-6-4-3-5-17(19)23-18-8-7-16(21)13-20(18)26/h3-8,13,22-23H,1,9-12,14H2,2H3. The molecule has 0 radical (unpaired) electrons. The van der Waals surface area contributed by atoms with E-state index in [0.29, 0.717) is 5.02 Å². The number of para-hydroxylation sites is 2. The summed E-state index contributed by atoms with van der Waals surface area (Å²) in [6, 6.07) is 14.1. The van der Waals surface area contributed by atoms with Gasteiger partial charge in [0.05, 0.1) is 29.4 Å². The Bertz CT molecular complexity index is 814. The molecule has 136 valence electrons. The maximum atomic E-state index is 6.27. The van der Waals surface area contributed by atoms with Crippen LogP contribution in [0.25, 0.3) is 0 Å². The van der Waals surface area contributed by atoms with Crippen LogP contribution in [0.15, 0.2) is 54.9 Å². The van der Waals surface area contributed by atoms with Crippen LogP contribution >= 0.6 is 11.6 Å². The third-order valence-corrected chi connectivity index (χ3v) is 5.22. The molecule has 0 spiro atoms. The van der Waals surface area contributed by atoms with Gasteiger partial charge in [0, 0.05) is 31.2 Å². The van der Waals surface area contributed by atoms with Crippen LogP contribution in [-0.4, -0.2) is 49.7 Å². The highest BCUT2D eigenvalue weighted by molar-refractivity contribution is 6.31. The van der Waals surface area contributed by atoms with Gasteiger partial charge in [-0.3, -0.25) is 9.80 Å². The quantitative estimate of drug-likeness (QED) is 0.856. The second-order valence-electron chi connectivity index (χ2n) is 6.84. The Morgan fingerprint density at radius 1 is 1.08 bits per heavy atom. The first kappa shape index (κ1) is 17.2. The number of hydrogen-bond acceptors (Lipinski definition) is 5. The molecule has 0 amide bonds. The average Bonchev–Trinajstić information content (AvgIpc) is 2.65. The van der Waals surface area contributed by atoms with Crippen LogP contribution in [0, 0.1) is 0 Å². The van der Waals surface area contributed by atoms with Crippen molar-refractivity contribution < 1.29 is 0 Å². The molecule has 0 saturated carbocycles. The third kappa shape index (κ3) is 3.38. The lowest BCUT2D eigenvalue weighted by molar-refractivity contribution is 0.148. The fourth-order valence-electron chi connectivity index (χ4n) is 3.42. The van der Waals surface area contributed by atoms with Crippen LogP contribution in [0.1, 0.15) is 0 Å². The Labute approximate surface area is 159 Å². The summed E-state index contributed by atoms with van der Waals surface area (Å²) in [5, 5.41) is 7.69. The number of likely N-dealkylation sites (N-methyl/N-ethyl adjacent to an activating group) is 1. The number of hydrogen-bond donors (Lipinski definition) is 2. The van der Waals surface area contributed by atoms with Gasteiger partial charge < -0.3 is 15.5 Å². The molecule has 2 aromatic carbocycles. The molecule has 2 N–H and O–H groups in total. The Morgan fingerprint density at radius 3 is 2.62 bits per heavy atom. The van der Waals surface area contributed by atoms with Crippen LogP contribution in [0.2, 0.25) is 5.02 Å². The van der Waals surface area contributed by atoms with E-state index in [4.69, 9.17) is 11.6 Å². The Kier molecular flexibility index (Phi) is 4.76. The van der Waals surface area contributed by atoms with Crippen LogP contribution in [0.3, 0.4) is 0 Å². The molecule has 1 fully saturated rings. The highest BCUT2D eigenvalue weighted by atomic mass is 35.5. The fraction of sp³-hybridized carbons (Fsp3) is 0.300. The highest BCUT2D eigenvalue weighted by Gasteiger charge is 2.25. The van der Waals surface area contributed by atoms with Gasteiger partial charge in [0.15, 0.2) is 0 Å².